The Kier molecular flexibility index (Phi) is 9.63. The van der Waals surface area contributed by atoms with Gasteiger partial charge in [0.05, 0.1) is 10.6 Å². The number of halogens is 1. The fourth-order valence-corrected chi connectivity index (χ4v) is 5.41. The Balaban J connectivity index is 2.02. The van der Waals surface area contributed by atoms with E-state index in [-0.39, 0.29) is 23.4 Å². The van der Waals surface area contributed by atoms with E-state index in [1.165, 1.54) is 41.3 Å². The van der Waals surface area contributed by atoms with Crippen LogP contribution in [0.25, 0.3) is 0 Å². The lowest BCUT2D eigenvalue weighted by molar-refractivity contribution is -0.139. The van der Waals surface area contributed by atoms with Crippen LogP contribution >= 0.6 is 0 Å². The molecule has 0 saturated carbocycles. The summed E-state index contributed by atoms with van der Waals surface area (Å²) in [6, 6.07) is 19.4. The second-order valence-corrected chi connectivity index (χ2v) is 11.1. The standard InChI is InChI=1S/C29H34FN3O4S/c1-5-22(3)31-29(35)23(4)32(19-24-15-17-25(30)18-16-24)28(34)20-33(27-14-10-9-11-21(27)2)38(36,37)26-12-7-6-8-13-26/h6-18,22-23H,5,19-20H2,1-4H3,(H,31,35)/t22-,23-/m1/s1. The van der Waals surface area contributed by atoms with Gasteiger partial charge in [0.15, 0.2) is 0 Å². The summed E-state index contributed by atoms with van der Waals surface area (Å²) in [4.78, 5) is 28.3. The summed E-state index contributed by atoms with van der Waals surface area (Å²) >= 11 is 0. The van der Waals surface area contributed by atoms with Gasteiger partial charge in [-0.15, -0.1) is 0 Å². The molecule has 0 aliphatic rings. The number of anilines is 1. The fraction of sp³-hybridized carbons (Fsp3) is 0.310. The van der Waals surface area contributed by atoms with E-state index in [2.05, 4.69) is 5.32 Å². The number of nitrogens with one attached hydrogen (secondary N) is 1. The zero-order chi connectivity index (χ0) is 27.9. The number of benzene rings is 3. The van der Waals surface area contributed by atoms with Crippen LogP contribution in [0.4, 0.5) is 10.1 Å². The summed E-state index contributed by atoms with van der Waals surface area (Å²) in [6.45, 7) is 6.65. The van der Waals surface area contributed by atoms with Crippen LogP contribution in [0.5, 0.6) is 0 Å². The summed E-state index contributed by atoms with van der Waals surface area (Å²) in [5.74, 6) is -1.35. The third kappa shape index (κ3) is 6.98. The average molecular weight is 540 g/mol. The normalized spacial score (nSPS) is 12.9. The minimum absolute atomic E-state index is 0.00119. The van der Waals surface area contributed by atoms with Gasteiger partial charge in [0.1, 0.15) is 18.4 Å². The molecule has 7 nitrogen and oxygen atoms in total. The third-order valence-corrected chi connectivity index (χ3v) is 8.20. The molecule has 0 aromatic heterocycles. The molecule has 0 spiro atoms. The Bertz CT molecular complexity index is 1350. The number of sulfonamides is 1. The Morgan fingerprint density at radius 1 is 0.921 bits per heavy atom. The van der Waals surface area contributed by atoms with Gasteiger partial charge in [-0.05, 0) is 68.7 Å². The Hall–Kier alpha value is -3.72. The largest absolute Gasteiger partial charge is 0.352 e. The number of aryl methyl sites for hydroxylation is 1. The first kappa shape index (κ1) is 28.8. The van der Waals surface area contributed by atoms with Crippen molar-refractivity contribution >= 4 is 27.5 Å². The lowest BCUT2D eigenvalue weighted by Crippen LogP contribution is -2.52. The maximum absolute atomic E-state index is 13.9. The molecular weight excluding hydrogens is 505 g/mol. The van der Waals surface area contributed by atoms with Gasteiger partial charge in [-0.25, -0.2) is 12.8 Å². The zero-order valence-corrected chi connectivity index (χ0v) is 22.9. The van der Waals surface area contributed by atoms with E-state index >= 15 is 0 Å². The zero-order valence-electron chi connectivity index (χ0n) is 22.1. The van der Waals surface area contributed by atoms with Gasteiger partial charge in [-0.1, -0.05) is 55.5 Å². The third-order valence-electron chi connectivity index (χ3n) is 6.43. The number of para-hydroxylation sites is 1. The highest BCUT2D eigenvalue weighted by atomic mass is 32.2. The first-order valence-corrected chi connectivity index (χ1v) is 14.0. The minimum Gasteiger partial charge on any atom is -0.352 e. The maximum Gasteiger partial charge on any atom is 0.264 e. The number of nitrogens with zero attached hydrogens (tertiary/aromatic N) is 2. The van der Waals surface area contributed by atoms with Crippen LogP contribution in [-0.4, -0.2) is 43.8 Å². The van der Waals surface area contributed by atoms with Gasteiger partial charge >= 0.3 is 0 Å². The molecule has 1 N–H and O–H groups in total. The molecule has 9 heteroatoms. The molecule has 0 unspecified atom stereocenters. The molecule has 0 radical (unpaired) electrons. The van der Waals surface area contributed by atoms with Gasteiger partial charge in [0.2, 0.25) is 11.8 Å². The van der Waals surface area contributed by atoms with Crippen LogP contribution in [0.3, 0.4) is 0 Å². The van der Waals surface area contributed by atoms with Crippen molar-refractivity contribution in [3.05, 3.63) is 95.8 Å². The highest BCUT2D eigenvalue weighted by Gasteiger charge is 2.33. The quantitative estimate of drug-likeness (QED) is 0.384. The highest BCUT2D eigenvalue weighted by Crippen LogP contribution is 2.27. The minimum atomic E-state index is -4.12. The van der Waals surface area contributed by atoms with Crippen molar-refractivity contribution in [2.24, 2.45) is 0 Å². The number of carbonyl (C=O) groups excluding carboxylic acids is 2. The van der Waals surface area contributed by atoms with E-state index < -0.39 is 34.3 Å². The van der Waals surface area contributed by atoms with E-state index in [4.69, 9.17) is 0 Å². The number of hydrogen-bond acceptors (Lipinski definition) is 4. The van der Waals surface area contributed by atoms with E-state index in [1.54, 1.807) is 56.3 Å². The van der Waals surface area contributed by atoms with Crippen molar-refractivity contribution in [1.29, 1.82) is 0 Å². The SMILES string of the molecule is CC[C@@H](C)NC(=O)[C@@H](C)N(Cc1ccc(F)cc1)C(=O)CN(c1ccccc1C)S(=O)(=O)c1ccccc1. The average Bonchev–Trinajstić information content (AvgIpc) is 2.91. The Morgan fingerprint density at radius 3 is 2.13 bits per heavy atom. The molecule has 3 aromatic rings. The van der Waals surface area contributed by atoms with Gasteiger partial charge < -0.3 is 10.2 Å². The fourth-order valence-electron chi connectivity index (χ4n) is 3.91. The van der Waals surface area contributed by atoms with Gasteiger partial charge in [-0.3, -0.25) is 13.9 Å². The predicted molar refractivity (Wildman–Crippen MR) is 146 cm³/mol. The molecule has 0 saturated heterocycles. The molecule has 0 aliphatic carbocycles. The molecule has 2 amide bonds. The van der Waals surface area contributed by atoms with Crippen molar-refractivity contribution in [3.8, 4) is 0 Å². The first-order chi connectivity index (χ1) is 18.0. The summed E-state index contributed by atoms with van der Waals surface area (Å²) in [5, 5.41) is 2.89. The Labute approximate surface area is 224 Å². The molecule has 3 rings (SSSR count). The maximum atomic E-state index is 13.9. The van der Waals surface area contributed by atoms with Crippen LogP contribution in [0.1, 0.15) is 38.3 Å². The van der Waals surface area contributed by atoms with E-state index in [0.29, 0.717) is 23.2 Å². The number of hydrogen-bond donors (Lipinski definition) is 1. The lowest BCUT2D eigenvalue weighted by Gasteiger charge is -2.33. The number of rotatable bonds is 11. The second kappa shape index (κ2) is 12.7. The molecule has 3 aromatic carbocycles. The number of amides is 2. The molecule has 0 heterocycles. The molecule has 0 aliphatic heterocycles. The summed E-state index contributed by atoms with van der Waals surface area (Å²) in [6.07, 6.45) is 0.709. The lowest BCUT2D eigenvalue weighted by atomic mass is 10.1. The van der Waals surface area contributed by atoms with Crippen molar-refractivity contribution in [2.45, 2.75) is 57.6 Å². The van der Waals surface area contributed by atoms with Crippen molar-refractivity contribution in [3.63, 3.8) is 0 Å². The molecule has 2 atom stereocenters. The predicted octanol–water partition coefficient (Wildman–Crippen LogP) is 4.66. The van der Waals surface area contributed by atoms with Crippen LogP contribution in [-0.2, 0) is 26.2 Å². The summed E-state index contributed by atoms with van der Waals surface area (Å²) < 4.78 is 42.1. The smallest absolute Gasteiger partial charge is 0.264 e. The van der Waals surface area contributed by atoms with Crippen LogP contribution < -0.4 is 9.62 Å². The van der Waals surface area contributed by atoms with E-state index in [0.717, 1.165) is 4.31 Å². The molecule has 38 heavy (non-hydrogen) atoms. The van der Waals surface area contributed by atoms with Crippen LogP contribution in [0, 0.1) is 12.7 Å². The highest BCUT2D eigenvalue weighted by molar-refractivity contribution is 7.92. The summed E-state index contributed by atoms with van der Waals surface area (Å²) in [7, 11) is -4.12. The molecule has 0 bridgehead atoms. The van der Waals surface area contributed by atoms with Gasteiger partial charge in [0.25, 0.3) is 10.0 Å². The van der Waals surface area contributed by atoms with E-state index in [1.807, 2.05) is 13.8 Å². The first-order valence-electron chi connectivity index (χ1n) is 12.5. The van der Waals surface area contributed by atoms with Crippen LogP contribution in [0.15, 0.2) is 83.8 Å². The van der Waals surface area contributed by atoms with Crippen molar-refractivity contribution in [1.82, 2.24) is 10.2 Å². The number of carbonyl (C=O) groups is 2. The molecule has 202 valence electrons. The topological polar surface area (TPSA) is 86.8 Å². The van der Waals surface area contributed by atoms with E-state index in [9.17, 15) is 22.4 Å². The molecule has 0 fully saturated rings. The van der Waals surface area contributed by atoms with Gasteiger partial charge in [-0.2, -0.15) is 0 Å². The monoisotopic (exact) mass is 539 g/mol. The van der Waals surface area contributed by atoms with Crippen LogP contribution in [0.2, 0.25) is 0 Å². The Morgan fingerprint density at radius 2 is 1.53 bits per heavy atom. The molecular formula is C29H34FN3O4S. The van der Waals surface area contributed by atoms with Crippen molar-refractivity contribution in [2.75, 3.05) is 10.8 Å². The van der Waals surface area contributed by atoms with Gasteiger partial charge in [0, 0.05) is 12.6 Å². The summed E-state index contributed by atoms with van der Waals surface area (Å²) in [5.41, 5.74) is 1.65. The second-order valence-electron chi connectivity index (χ2n) is 9.25. The van der Waals surface area contributed by atoms with Crippen molar-refractivity contribution < 1.29 is 22.4 Å².